The van der Waals surface area contributed by atoms with Crippen LogP contribution in [-0.2, 0) is 4.79 Å². The fraction of sp³-hybridized carbons (Fsp3) is 0.556. The normalized spacial score (nSPS) is 28.1. The van der Waals surface area contributed by atoms with E-state index in [9.17, 15) is 9.59 Å². The molecule has 124 valence electrons. The molecule has 0 bridgehead atoms. The molecule has 0 saturated carbocycles. The molecule has 2 heterocycles. The van der Waals surface area contributed by atoms with E-state index in [0.717, 1.165) is 18.5 Å². The van der Waals surface area contributed by atoms with E-state index in [0.29, 0.717) is 13.0 Å². The van der Waals surface area contributed by atoms with Crippen molar-refractivity contribution in [2.45, 2.75) is 57.7 Å². The van der Waals surface area contributed by atoms with Gasteiger partial charge in [0.05, 0.1) is 6.04 Å². The van der Waals surface area contributed by atoms with Crippen molar-refractivity contribution < 1.29 is 9.59 Å². The highest BCUT2D eigenvalue weighted by atomic mass is 16.2. The first-order valence-electron chi connectivity index (χ1n) is 8.50. The number of rotatable bonds is 2. The molecule has 1 aromatic carbocycles. The number of nitrogens with one attached hydrogen (secondary N) is 1. The van der Waals surface area contributed by atoms with E-state index in [1.165, 1.54) is 6.42 Å². The first kappa shape index (κ1) is 15.8. The van der Waals surface area contributed by atoms with Crippen molar-refractivity contribution in [3.63, 3.8) is 0 Å². The Hall–Kier alpha value is -2.04. The van der Waals surface area contributed by atoms with Crippen molar-refractivity contribution in [3.8, 4) is 0 Å². The topological polar surface area (TPSA) is 52.7 Å². The van der Waals surface area contributed by atoms with Crippen molar-refractivity contribution in [1.82, 2.24) is 10.2 Å². The molecule has 1 N–H and O–H groups in total. The van der Waals surface area contributed by atoms with Crippen LogP contribution >= 0.6 is 0 Å². The second kappa shape index (κ2) is 6.60. The van der Waals surface area contributed by atoms with E-state index in [-0.39, 0.29) is 30.1 Å². The van der Waals surface area contributed by atoms with Gasteiger partial charge in [0, 0.05) is 30.7 Å². The summed E-state index contributed by atoms with van der Waals surface area (Å²) in [6, 6.07) is 10.0. The summed E-state index contributed by atoms with van der Waals surface area (Å²) in [4.78, 5) is 28.5. The smallest absolute Gasteiger partial charge is 0.318 e. The zero-order chi connectivity index (χ0) is 16.4. The molecule has 0 radical (unpaired) electrons. The summed E-state index contributed by atoms with van der Waals surface area (Å²) < 4.78 is 0. The summed E-state index contributed by atoms with van der Waals surface area (Å²) in [5, 5.41) is 3.06. The molecule has 0 unspecified atom stereocenters. The summed E-state index contributed by atoms with van der Waals surface area (Å²) in [6.07, 6.45) is 3.65. The Morgan fingerprint density at radius 1 is 1.13 bits per heavy atom. The number of piperidine rings is 1. The molecule has 5 nitrogen and oxygen atoms in total. The van der Waals surface area contributed by atoms with Gasteiger partial charge in [-0.1, -0.05) is 18.2 Å². The minimum absolute atomic E-state index is 0.0302. The molecule has 3 rings (SSSR count). The van der Waals surface area contributed by atoms with Gasteiger partial charge in [0.2, 0.25) is 5.91 Å². The predicted molar refractivity (Wildman–Crippen MR) is 90.3 cm³/mol. The van der Waals surface area contributed by atoms with E-state index in [4.69, 9.17) is 0 Å². The van der Waals surface area contributed by atoms with Crippen molar-refractivity contribution in [3.05, 3.63) is 30.3 Å². The molecular weight excluding hydrogens is 290 g/mol. The minimum atomic E-state index is -0.114. The monoisotopic (exact) mass is 315 g/mol. The van der Waals surface area contributed by atoms with Crippen LogP contribution in [0.25, 0.3) is 0 Å². The Labute approximate surface area is 137 Å². The summed E-state index contributed by atoms with van der Waals surface area (Å²) in [5.74, 6) is 0.0706. The van der Waals surface area contributed by atoms with Crippen LogP contribution < -0.4 is 10.2 Å². The van der Waals surface area contributed by atoms with Crippen molar-refractivity contribution in [2.75, 3.05) is 11.4 Å². The summed E-state index contributed by atoms with van der Waals surface area (Å²) in [5.41, 5.74) is 0.897. The van der Waals surface area contributed by atoms with Crippen molar-refractivity contribution >= 4 is 17.6 Å². The van der Waals surface area contributed by atoms with Gasteiger partial charge in [0.25, 0.3) is 0 Å². The highest BCUT2D eigenvalue weighted by Gasteiger charge is 2.35. The lowest BCUT2D eigenvalue weighted by molar-refractivity contribution is -0.117. The number of amides is 3. The Kier molecular flexibility index (Phi) is 4.55. The van der Waals surface area contributed by atoms with Crippen LogP contribution in [0.15, 0.2) is 30.3 Å². The second-order valence-corrected chi connectivity index (χ2v) is 6.73. The van der Waals surface area contributed by atoms with E-state index in [2.05, 4.69) is 19.2 Å². The quantitative estimate of drug-likeness (QED) is 0.912. The third kappa shape index (κ3) is 3.33. The molecule has 5 heteroatoms. The van der Waals surface area contributed by atoms with Gasteiger partial charge in [-0.05, 0) is 45.2 Å². The fourth-order valence-electron chi connectivity index (χ4n) is 3.73. The maximum absolute atomic E-state index is 12.6. The summed E-state index contributed by atoms with van der Waals surface area (Å²) in [7, 11) is 0. The van der Waals surface area contributed by atoms with Crippen LogP contribution in [0.1, 0.15) is 39.5 Å². The predicted octanol–water partition coefficient (Wildman–Crippen LogP) is 2.76. The molecule has 2 aliphatic heterocycles. The van der Waals surface area contributed by atoms with Crippen LogP contribution in [0, 0.1) is 0 Å². The fourth-order valence-corrected chi connectivity index (χ4v) is 3.73. The number of hydrogen-bond acceptors (Lipinski definition) is 2. The Morgan fingerprint density at radius 2 is 1.78 bits per heavy atom. The molecule has 3 atom stereocenters. The molecule has 2 saturated heterocycles. The first-order valence-corrected chi connectivity index (χ1v) is 8.50. The summed E-state index contributed by atoms with van der Waals surface area (Å²) >= 11 is 0. The third-order valence-corrected chi connectivity index (χ3v) is 4.95. The first-order chi connectivity index (χ1) is 11.1. The molecule has 3 amide bonds. The third-order valence-electron chi connectivity index (χ3n) is 4.95. The molecule has 23 heavy (non-hydrogen) atoms. The molecule has 0 aromatic heterocycles. The molecule has 2 aliphatic rings. The highest BCUT2D eigenvalue weighted by molar-refractivity contribution is 5.96. The van der Waals surface area contributed by atoms with Crippen LogP contribution in [0.2, 0.25) is 0 Å². The Morgan fingerprint density at radius 3 is 2.43 bits per heavy atom. The maximum atomic E-state index is 12.6. The lowest BCUT2D eigenvalue weighted by atomic mass is 9.98. The lowest BCUT2D eigenvalue weighted by Gasteiger charge is -2.39. The number of anilines is 1. The number of likely N-dealkylation sites (tertiary alicyclic amines) is 1. The maximum Gasteiger partial charge on any atom is 0.318 e. The molecular formula is C18H25N3O2. The van der Waals surface area contributed by atoms with Gasteiger partial charge in [-0.3, -0.25) is 4.79 Å². The number of nitrogens with zero attached hydrogens (tertiary/aromatic N) is 2. The average molecular weight is 315 g/mol. The number of benzene rings is 1. The zero-order valence-electron chi connectivity index (χ0n) is 13.9. The van der Waals surface area contributed by atoms with Gasteiger partial charge >= 0.3 is 6.03 Å². The number of para-hydroxylation sites is 1. The van der Waals surface area contributed by atoms with E-state index >= 15 is 0 Å². The number of hydrogen-bond donors (Lipinski definition) is 1. The second-order valence-electron chi connectivity index (χ2n) is 6.73. The van der Waals surface area contributed by atoms with E-state index in [1.807, 2.05) is 35.2 Å². The van der Waals surface area contributed by atoms with E-state index in [1.54, 1.807) is 4.90 Å². The van der Waals surface area contributed by atoms with Crippen LogP contribution in [-0.4, -0.2) is 41.5 Å². The van der Waals surface area contributed by atoms with Crippen molar-refractivity contribution in [1.29, 1.82) is 0 Å². The van der Waals surface area contributed by atoms with Crippen LogP contribution in [0.3, 0.4) is 0 Å². The Bertz CT molecular complexity index is 565. The van der Waals surface area contributed by atoms with Crippen molar-refractivity contribution in [2.24, 2.45) is 0 Å². The molecule has 0 aliphatic carbocycles. The molecule has 0 spiro atoms. The number of carbonyl (C=O) groups excluding carboxylic acids is 2. The van der Waals surface area contributed by atoms with Gasteiger partial charge in [-0.15, -0.1) is 0 Å². The number of carbonyl (C=O) groups is 2. The molecule has 1 aromatic rings. The van der Waals surface area contributed by atoms with Gasteiger partial charge in [0.1, 0.15) is 0 Å². The van der Waals surface area contributed by atoms with Crippen LogP contribution in [0.4, 0.5) is 10.5 Å². The van der Waals surface area contributed by atoms with Gasteiger partial charge in [-0.2, -0.15) is 0 Å². The zero-order valence-corrected chi connectivity index (χ0v) is 13.9. The minimum Gasteiger partial charge on any atom is -0.333 e. The lowest BCUT2D eigenvalue weighted by Crippen LogP contribution is -2.54. The van der Waals surface area contributed by atoms with Crippen LogP contribution in [0.5, 0.6) is 0 Å². The standard InChI is InChI=1S/C18H25N3O2/c1-13-7-6-8-14(2)21(13)18(23)19-15-11-17(22)20(12-15)16-9-4-3-5-10-16/h3-5,9-10,13-15H,6-8,11-12H2,1-2H3,(H,19,23)/t13-,14-,15+/m0/s1. The van der Waals surface area contributed by atoms with Gasteiger partial charge < -0.3 is 15.1 Å². The van der Waals surface area contributed by atoms with Gasteiger partial charge in [-0.25, -0.2) is 4.79 Å². The average Bonchev–Trinajstić information content (AvgIpc) is 2.88. The highest BCUT2D eigenvalue weighted by Crippen LogP contribution is 2.24. The Balaban J connectivity index is 1.63. The molecule has 2 fully saturated rings. The van der Waals surface area contributed by atoms with E-state index < -0.39 is 0 Å². The SMILES string of the molecule is C[C@H]1CCC[C@H](C)N1C(=O)N[C@@H]1CC(=O)N(c2ccccc2)C1. The summed E-state index contributed by atoms with van der Waals surface area (Å²) in [6.45, 7) is 4.75. The largest absolute Gasteiger partial charge is 0.333 e. The number of urea groups is 1. The van der Waals surface area contributed by atoms with Gasteiger partial charge in [0.15, 0.2) is 0 Å².